The number of esters is 1. The molecule has 7 nitrogen and oxygen atoms in total. The van der Waals surface area contributed by atoms with E-state index in [1.165, 1.54) is 37.4 Å². The lowest BCUT2D eigenvalue weighted by molar-refractivity contribution is -0.384. The summed E-state index contributed by atoms with van der Waals surface area (Å²) in [5.74, 6) is -0.795. The van der Waals surface area contributed by atoms with Crippen LogP contribution in [-0.4, -0.2) is 18.0 Å². The second-order valence-electron chi connectivity index (χ2n) is 4.30. The lowest BCUT2D eigenvalue weighted by Crippen LogP contribution is -2.10. The summed E-state index contributed by atoms with van der Waals surface area (Å²) in [6.45, 7) is 0. The molecule has 0 saturated carbocycles. The fourth-order valence-corrected chi connectivity index (χ4v) is 2.03. The van der Waals surface area contributed by atoms with Crippen molar-refractivity contribution >= 4 is 23.3 Å². The minimum Gasteiger partial charge on any atom is -0.493 e. The molecule has 8 heteroatoms. The van der Waals surface area contributed by atoms with Gasteiger partial charge in [0.1, 0.15) is 0 Å². The van der Waals surface area contributed by atoms with E-state index in [1.807, 2.05) is 6.07 Å². The number of nitrogens with zero attached hydrogens (tertiary/aromatic N) is 2. The Labute approximate surface area is 135 Å². The lowest BCUT2D eigenvalue weighted by Gasteiger charge is -2.11. The van der Waals surface area contributed by atoms with Gasteiger partial charge in [0.15, 0.2) is 11.5 Å². The summed E-state index contributed by atoms with van der Waals surface area (Å²) < 4.78 is 10.2. The van der Waals surface area contributed by atoms with Gasteiger partial charge in [0.2, 0.25) is 0 Å². The summed E-state index contributed by atoms with van der Waals surface area (Å²) in [5.41, 5.74) is -0.0129. The van der Waals surface area contributed by atoms with Gasteiger partial charge >= 0.3 is 5.97 Å². The Morgan fingerprint density at radius 1 is 1.35 bits per heavy atom. The fraction of sp³-hybridized carbons (Fsp3) is 0.0667. The molecule has 0 N–H and O–H groups in total. The van der Waals surface area contributed by atoms with Crippen LogP contribution in [0.25, 0.3) is 0 Å². The number of hydrogen-bond acceptors (Lipinski definition) is 6. The van der Waals surface area contributed by atoms with Crippen LogP contribution >= 0.6 is 11.6 Å². The van der Waals surface area contributed by atoms with E-state index in [2.05, 4.69) is 0 Å². The Kier molecular flexibility index (Phi) is 4.79. The number of non-ortho nitro benzene ring substituents is 1. The number of carbonyl (C=O) groups excluding carboxylic acids is 1. The Balaban J connectivity index is 2.36. The van der Waals surface area contributed by atoms with Gasteiger partial charge in [0, 0.05) is 18.2 Å². The summed E-state index contributed by atoms with van der Waals surface area (Å²) in [7, 11) is 1.33. The van der Waals surface area contributed by atoms with E-state index < -0.39 is 10.9 Å². The van der Waals surface area contributed by atoms with Gasteiger partial charge in [0.25, 0.3) is 5.69 Å². The maximum Gasteiger partial charge on any atom is 0.343 e. The first-order valence-corrected chi connectivity index (χ1v) is 6.58. The van der Waals surface area contributed by atoms with Gasteiger partial charge in [-0.1, -0.05) is 17.7 Å². The minimum atomic E-state index is -0.835. The maximum absolute atomic E-state index is 12.1. The van der Waals surface area contributed by atoms with Crippen LogP contribution in [0.3, 0.4) is 0 Å². The van der Waals surface area contributed by atoms with E-state index in [1.54, 1.807) is 0 Å². The highest BCUT2D eigenvalue weighted by Crippen LogP contribution is 2.36. The van der Waals surface area contributed by atoms with Crippen LogP contribution in [0, 0.1) is 21.4 Å². The molecule has 2 aromatic carbocycles. The third kappa shape index (κ3) is 3.56. The third-order valence-corrected chi connectivity index (χ3v) is 3.13. The first-order valence-electron chi connectivity index (χ1n) is 6.20. The molecule has 2 aromatic rings. The molecule has 0 bridgehead atoms. The zero-order chi connectivity index (χ0) is 17.0. The van der Waals surface area contributed by atoms with Crippen LogP contribution in [0.15, 0.2) is 36.4 Å². The number of nitro benzene ring substituents is 1. The molecule has 0 aliphatic rings. The van der Waals surface area contributed by atoms with E-state index in [9.17, 15) is 14.9 Å². The largest absolute Gasteiger partial charge is 0.493 e. The van der Waals surface area contributed by atoms with Crippen molar-refractivity contribution in [1.82, 2.24) is 0 Å². The smallest absolute Gasteiger partial charge is 0.343 e. The Morgan fingerprint density at radius 3 is 2.70 bits per heavy atom. The maximum atomic E-state index is 12.1. The second-order valence-corrected chi connectivity index (χ2v) is 4.71. The molecule has 0 radical (unpaired) electrons. The van der Waals surface area contributed by atoms with Crippen LogP contribution in [0.2, 0.25) is 5.02 Å². The topological polar surface area (TPSA) is 102 Å². The average Bonchev–Trinajstić information content (AvgIpc) is 2.56. The van der Waals surface area contributed by atoms with Crippen molar-refractivity contribution in [2.75, 3.05) is 7.11 Å². The number of benzene rings is 2. The fourth-order valence-electron chi connectivity index (χ4n) is 1.78. The van der Waals surface area contributed by atoms with Crippen LogP contribution in [-0.2, 0) is 0 Å². The van der Waals surface area contributed by atoms with Gasteiger partial charge in [-0.3, -0.25) is 10.1 Å². The van der Waals surface area contributed by atoms with Gasteiger partial charge in [0.05, 0.1) is 34.3 Å². The van der Waals surface area contributed by atoms with Crippen molar-refractivity contribution in [2.24, 2.45) is 0 Å². The molecule has 0 heterocycles. The van der Waals surface area contributed by atoms with E-state index in [0.717, 1.165) is 6.07 Å². The minimum absolute atomic E-state index is 0.0123. The normalized spacial score (nSPS) is 9.78. The predicted octanol–water partition coefficient (Wildman–Crippen LogP) is 3.35. The van der Waals surface area contributed by atoms with Crippen molar-refractivity contribution in [3.05, 3.63) is 62.7 Å². The molecular formula is C15H9ClN2O5. The number of hydrogen-bond donors (Lipinski definition) is 0. The molecule has 0 fully saturated rings. The molecule has 0 aliphatic heterocycles. The summed E-state index contributed by atoms with van der Waals surface area (Å²) in [4.78, 5) is 22.3. The summed E-state index contributed by atoms with van der Waals surface area (Å²) in [6.07, 6.45) is 0. The van der Waals surface area contributed by atoms with E-state index in [0.29, 0.717) is 0 Å². The quantitative estimate of drug-likeness (QED) is 0.368. The van der Waals surface area contributed by atoms with Gasteiger partial charge in [-0.2, -0.15) is 5.26 Å². The SMILES string of the molecule is COc1cc(C#N)cc(Cl)c1OC(=O)c1cccc([N+](=O)[O-])c1. The van der Waals surface area contributed by atoms with Gasteiger partial charge in [-0.05, 0) is 12.1 Å². The van der Waals surface area contributed by atoms with Gasteiger partial charge in [-0.25, -0.2) is 4.79 Å². The number of rotatable bonds is 4. The van der Waals surface area contributed by atoms with Crippen LogP contribution in [0.4, 0.5) is 5.69 Å². The number of ether oxygens (including phenoxy) is 2. The monoisotopic (exact) mass is 332 g/mol. The van der Waals surface area contributed by atoms with Crippen molar-refractivity contribution in [1.29, 1.82) is 5.26 Å². The first-order chi connectivity index (χ1) is 11.0. The van der Waals surface area contributed by atoms with Gasteiger partial charge in [-0.15, -0.1) is 0 Å². The predicted molar refractivity (Wildman–Crippen MR) is 80.8 cm³/mol. The molecular weight excluding hydrogens is 324 g/mol. The number of nitriles is 1. The number of halogens is 1. The molecule has 0 aromatic heterocycles. The second kappa shape index (κ2) is 6.77. The Bertz CT molecular complexity index is 829. The highest BCUT2D eigenvalue weighted by Gasteiger charge is 2.19. The molecule has 116 valence electrons. The molecule has 0 unspecified atom stereocenters. The number of nitro groups is 1. The highest BCUT2D eigenvalue weighted by atomic mass is 35.5. The van der Waals surface area contributed by atoms with Crippen molar-refractivity contribution in [3.8, 4) is 17.6 Å². The first kappa shape index (κ1) is 16.3. The average molecular weight is 333 g/mol. The summed E-state index contributed by atoms with van der Waals surface area (Å²) in [6, 6.07) is 9.66. The molecule has 0 atom stereocenters. The third-order valence-electron chi connectivity index (χ3n) is 2.85. The lowest BCUT2D eigenvalue weighted by atomic mass is 10.2. The van der Waals surface area contributed by atoms with Gasteiger partial charge < -0.3 is 9.47 Å². The number of methoxy groups -OCH3 is 1. The van der Waals surface area contributed by atoms with Crippen molar-refractivity contribution in [2.45, 2.75) is 0 Å². The molecule has 0 aliphatic carbocycles. The Morgan fingerprint density at radius 2 is 2.09 bits per heavy atom. The number of carbonyl (C=O) groups is 1. The molecule has 0 amide bonds. The van der Waals surface area contributed by atoms with E-state index in [4.69, 9.17) is 26.3 Å². The Hall–Kier alpha value is -3.11. The van der Waals surface area contributed by atoms with Crippen LogP contribution in [0.1, 0.15) is 15.9 Å². The van der Waals surface area contributed by atoms with Crippen LogP contribution in [0.5, 0.6) is 11.5 Å². The molecule has 23 heavy (non-hydrogen) atoms. The van der Waals surface area contributed by atoms with E-state index >= 15 is 0 Å². The standard InChI is InChI=1S/C15H9ClN2O5/c1-22-13-6-9(8-17)5-12(16)14(13)23-15(19)10-3-2-4-11(7-10)18(20)21/h2-7H,1H3. The highest BCUT2D eigenvalue weighted by molar-refractivity contribution is 6.32. The van der Waals surface area contributed by atoms with Crippen LogP contribution < -0.4 is 9.47 Å². The van der Waals surface area contributed by atoms with E-state index in [-0.39, 0.29) is 33.3 Å². The molecule has 0 saturated heterocycles. The summed E-state index contributed by atoms with van der Waals surface area (Å²) >= 11 is 5.99. The zero-order valence-electron chi connectivity index (χ0n) is 11.8. The van der Waals surface area contributed by atoms with Crippen molar-refractivity contribution < 1.29 is 19.2 Å². The summed E-state index contributed by atoms with van der Waals surface area (Å²) in [5, 5.41) is 19.6. The van der Waals surface area contributed by atoms with Crippen molar-refractivity contribution in [3.63, 3.8) is 0 Å². The molecule has 0 spiro atoms. The molecule has 2 rings (SSSR count). The zero-order valence-corrected chi connectivity index (χ0v) is 12.5.